The normalized spacial score (nSPS) is 19.3. The Morgan fingerprint density at radius 3 is 3.14 bits per heavy atom. The van der Waals surface area contributed by atoms with Gasteiger partial charge in [-0.15, -0.1) is 0 Å². The Hall–Kier alpha value is -2.37. The molecule has 1 aliphatic heterocycles. The average Bonchev–Trinajstić information content (AvgIpc) is 3.15. The quantitative estimate of drug-likeness (QED) is 0.783. The highest BCUT2D eigenvalue weighted by Gasteiger charge is 2.24. The third-order valence-electron chi connectivity index (χ3n) is 4.13. The van der Waals surface area contributed by atoms with E-state index in [4.69, 9.17) is 0 Å². The molecule has 0 aromatic carbocycles. The van der Waals surface area contributed by atoms with Crippen LogP contribution in [-0.2, 0) is 0 Å². The van der Waals surface area contributed by atoms with Crippen molar-refractivity contribution in [2.45, 2.75) is 25.8 Å². The number of aromatic amines is 1. The summed E-state index contributed by atoms with van der Waals surface area (Å²) < 4.78 is 2.09. The molecule has 0 radical (unpaired) electrons. The van der Waals surface area contributed by atoms with Gasteiger partial charge in [0.15, 0.2) is 0 Å². The maximum atomic E-state index is 4.50. The zero-order valence-corrected chi connectivity index (χ0v) is 12.0. The Bertz CT molecular complexity index is 758. The summed E-state index contributed by atoms with van der Waals surface area (Å²) in [5.41, 5.74) is 2.11. The molecule has 3 aromatic rings. The first kappa shape index (κ1) is 12.4. The second kappa shape index (κ2) is 4.87. The summed E-state index contributed by atoms with van der Waals surface area (Å²) in [5, 5.41) is 5.56. The van der Waals surface area contributed by atoms with Crippen LogP contribution in [0.25, 0.3) is 11.0 Å². The van der Waals surface area contributed by atoms with Crippen LogP contribution in [0.5, 0.6) is 0 Å². The molecule has 108 valence electrons. The largest absolute Gasteiger partial charge is 0.354 e. The summed E-state index contributed by atoms with van der Waals surface area (Å²) in [4.78, 5) is 14.3. The number of H-pyrrole nitrogens is 1. The van der Waals surface area contributed by atoms with Crippen molar-refractivity contribution in [2.24, 2.45) is 0 Å². The van der Waals surface area contributed by atoms with Gasteiger partial charge in [-0.2, -0.15) is 5.10 Å². The molecule has 21 heavy (non-hydrogen) atoms. The van der Waals surface area contributed by atoms with Crippen LogP contribution in [0.15, 0.2) is 31.0 Å². The first-order valence-electron chi connectivity index (χ1n) is 7.35. The maximum absolute atomic E-state index is 4.50. The van der Waals surface area contributed by atoms with Gasteiger partial charge in [-0.3, -0.25) is 4.68 Å². The van der Waals surface area contributed by atoms with Crippen LogP contribution in [-0.4, -0.2) is 37.8 Å². The highest BCUT2D eigenvalue weighted by molar-refractivity contribution is 5.87. The zero-order chi connectivity index (χ0) is 14.2. The van der Waals surface area contributed by atoms with Crippen LogP contribution in [0.2, 0.25) is 0 Å². The van der Waals surface area contributed by atoms with Crippen LogP contribution < -0.4 is 4.90 Å². The SMILES string of the molecule is Cc1cnn(C2CCCN(c3ncnc4[nH]ccc34)C2)c1. The topological polar surface area (TPSA) is 62.6 Å². The maximum Gasteiger partial charge on any atom is 0.142 e. The van der Waals surface area contributed by atoms with Gasteiger partial charge in [-0.25, -0.2) is 9.97 Å². The fourth-order valence-electron chi connectivity index (χ4n) is 3.11. The lowest BCUT2D eigenvalue weighted by Gasteiger charge is -2.33. The van der Waals surface area contributed by atoms with E-state index in [9.17, 15) is 0 Å². The van der Waals surface area contributed by atoms with Crippen LogP contribution in [0.3, 0.4) is 0 Å². The predicted molar refractivity (Wildman–Crippen MR) is 81.3 cm³/mol. The van der Waals surface area contributed by atoms with Crippen molar-refractivity contribution >= 4 is 16.9 Å². The Labute approximate surface area is 122 Å². The summed E-state index contributed by atoms with van der Waals surface area (Å²) in [6.07, 6.45) is 9.92. The number of fused-ring (bicyclic) bond motifs is 1. The molecule has 0 aliphatic carbocycles. The van der Waals surface area contributed by atoms with E-state index < -0.39 is 0 Å². The van der Waals surface area contributed by atoms with Crippen molar-refractivity contribution in [2.75, 3.05) is 18.0 Å². The van der Waals surface area contributed by atoms with Crippen molar-refractivity contribution in [3.05, 3.63) is 36.5 Å². The van der Waals surface area contributed by atoms with E-state index in [-0.39, 0.29) is 0 Å². The minimum atomic E-state index is 0.413. The number of anilines is 1. The highest BCUT2D eigenvalue weighted by Crippen LogP contribution is 2.28. The van der Waals surface area contributed by atoms with Gasteiger partial charge in [-0.05, 0) is 31.4 Å². The standard InChI is InChI=1S/C15H18N6/c1-11-7-19-21(8-11)12-3-2-6-20(9-12)15-13-4-5-16-14(13)17-10-18-15/h4-5,7-8,10,12H,2-3,6,9H2,1H3,(H,16,17,18). The number of hydrogen-bond acceptors (Lipinski definition) is 4. The lowest BCUT2D eigenvalue weighted by atomic mass is 10.1. The summed E-state index contributed by atoms with van der Waals surface area (Å²) >= 11 is 0. The number of piperidine rings is 1. The minimum absolute atomic E-state index is 0.413. The van der Waals surface area contributed by atoms with Gasteiger partial charge >= 0.3 is 0 Å². The van der Waals surface area contributed by atoms with E-state index in [0.29, 0.717) is 6.04 Å². The molecule has 0 spiro atoms. The third-order valence-corrected chi connectivity index (χ3v) is 4.13. The highest BCUT2D eigenvalue weighted by atomic mass is 15.3. The Balaban J connectivity index is 1.65. The minimum Gasteiger partial charge on any atom is -0.354 e. The van der Waals surface area contributed by atoms with Gasteiger partial charge in [0.1, 0.15) is 17.8 Å². The van der Waals surface area contributed by atoms with E-state index in [2.05, 4.69) is 42.8 Å². The van der Waals surface area contributed by atoms with Crippen molar-refractivity contribution in [3.8, 4) is 0 Å². The Morgan fingerprint density at radius 2 is 2.29 bits per heavy atom. The van der Waals surface area contributed by atoms with Gasteiger partial charge in [0.25, 0.3) is 0 Å². The number of aromatic nitrogens is 5. The molecule has 6 heteroatoms. The first-order chi connectivity index (χ1) is 10.3. The molecular formula is C15H18N6. The summed E-state index contributed by atoms with van der Waals surface area (Å²) in [7, 11) is 0. The van der Waals surface area contributed by atoms with Crippen molar-refractivity contribution in [1.82, 2.24) is 24.7 Å². The molecule has 1 aliphatic rings. The van der Waals surface area contributed by atoms with Gasteiger partial charge in [0, 0.05) is 25.5 Å². The molecule has 1 saturated heterocycles. The number of rotatable bonds is 2. The third kappa shape index (κ3) is 2.16. The summed E-state index contributed by atoms with van der Waals surface area (Å²) in [5.74, 6) is 1.02. The van der Waals surface area contributed by atoms with Crippen LogP contribution in [0.1, 0.15) is 24.4 Å². The molecule has 1 atom stereocenters. The number of aryl methyl sites for hydroxylation is 1. The smallest absolute Gasteiger partial charge is 0.142 e. The van der Waals surface area contributed by atoms with Gasteiger partial charge < -0.3 is 9.88 Å². The van der Waals surface area contributed by atoms with E-state index in [1.54, 1.807) is 6.33 Å². The summed E-state index contributed by atoms with van der Waals surface area (Å²) in [6, 6.07) is 2.46. The van der Waals surface area contributed by atoms with E-state index >= 15 is 0 Å². The molecule has 4 heterocycles. The second-order valence-corrected chi connectivity index (χ2v) is 5.68. The number of nitrogens with one attached hydrogen (secondary N) is 1. The molecule has 1 N–H and O–H groups in total. The van der Waals surface area contributed by atoms with Crippen molar-refractivity contribution < 1.29 is 0 Å². The average molecular weight is 282 g/mol. The van der Waals surface area contributed by atoms with Gasteiger partial charge in [-0.1, -0.05) is 0 Å². The van der Waals surface area contributed by atoms with Gasteiger partial charge in [0.05, 0.1) is 17.6 Å². The van der Waals surface area contributed by atoms with Crippen LogP contribution in [0.4, 0.5) is 5.82 Å². The fourth-order valence-corrected chi connectivity index (χ4v) is 3.11. The molecule has 0 saturated carbocycles. The van der Waals surface area contributed by atoms with E-state index in [1.807, 2.05) is 18.5 Å². The fraction of sp³-hybridized carbons (Fsp3) is 0.400. The molecule has 0 bridgehead atoms. The predicted octanol–water partition coefficient (Wildman–Crippen LogP) is 2.30. The monoisotopic (exact) mass is 282 g/mol. The van der Waals surface area contributed by atoms with E-state index in [1.165, 1.54) is 12.0 Å². The Morgan fingerprint density at radius 1 is 1.33 bits per heavy atom. The molecular weight excluding hydrogens is 264 g/mol. The molecule has 3 aromatic heterocycles. The summed E-state index contributed by atoms with van der Waals surface area (Å²) in [6.45, 7) is 4.06. The lowest BCUT2D eigenvalue weighted by Crippen LogP contribution is -2.37. The van der Waals surface area contributed by atoms with Gasteiger partial charge in [0.2, 0.25) is 0 Å². The lowest BCUT2D eigenvalue weighted by molar-refractivity contribution is 0.375. The van der Waals surface area contributed by atoms with Crippen molar-refractivity contribution in [3.63, 3.8) is 0 Å². The Kier molecular flexibility index (Phi) is 2.87. The van der Waals surface area contributed by atoms with Crippen molar-refractivity contribution in [1.29, 1.82) is 0 Å². The van der Waals surface area contributed by atoms with E-state index in [0.717, 1.165) is 36.4 Å². The molecule has 6 nitrogen and oxygen atoms in total. The molecule has 0 amide bonds. The van der Waals surface area contributed by atoms with Crippen LogP contribution >= 0.6 is 0 Å². The molecule has 4 rings (SSSR count). The number of nitrogens with zero attached hydrogens (tertiary/aromatic N) is 5. The number of hydrogen-bond donors (Lipinski definition) is 1. The molecule has 1 fully saturated rings. The zero-order valence-electron chi connectivity index (χ0n) is 12.0. The molecule has 1 unspecified atom stereocenters. The second-order valence-electron chi connectivity index (χ2n) is 5.68. The first-order valence-corrected chi connectivity index (χ1v) is 7.35. The van der Waals surface area contributed by atoms with Crippen LogP contribution in [0, 0.1) is 6.92 Å².